The lowest BCUT2D eigenvalue weighted by molar-refractivity contribution is -0.132. The van der Waals surface area contributed by atoms with Gasteiger partial charge in [0.15, 0.2) is 5.78 Å². The van der Waals surface area contributed by atoms with Crippen molar-refractivity contribution in [3.05, 3.63) is 58.1 Å². The molecule has 118 valence electrons. The summed E-state index contributed by atoms with van der Waals surface area (Å²) in [4.78, 5) is 35.1. The van der Waals surface area contributed by atoms with E-state index in [0.29, 0.717) is 22.0 Å². The van der Waals surface area contributed by atoms with Crippen molar-refractivity contribution >= 4 is 52.2 Å². The van der Waals surface area contributed by atoms with E-state index in [1.807, 2.05) is 0 Å². The van der Waals surface area contributed by atoms with Gasteiger partial charge >= 0.3 is 11.8 Å². The summed E-state index contributed by atoms with van der Waals surface area (Å²) >= 11 is 11.6. The van der Waals surface area contributed by atoms with Crippen LogP contribution in [-0.4, -0.2) is 17.6 Å². The molecule has 0 atom stereocenters. The Bertz CT molecular complexity index is 791. The Balaban J connectivity index is 2.05. The van der Waals surface area contributed by atoms with Crippen LogP contribution in [0.1, 0.15) is 17.3 Å². The van der Waals surface area contributed by atoms with Crippen LogP contribution in [0.3, 0.4) is 0 Å². The fraction of sp³-hybridized carbons (Fsp3) is 0.0625. The third kappa shape index (κ3) is 4.55. The summed E-state index contributed by atoms with van der Waals surface area (Å²) in [5.41, 5.74) is 1.14. The van der Waals surface area contributed by atoms with Crippen LogP contribution in [0.2, 0.25) is 10.0 Å². The van der Waals surface area contributed by atoms with E-state index in [-0.39, 0.29) is 10.8 Å². The molecular formula is C16H12Cl2N2O3. The largest absolute Gasteiger partial charge is 0.318 e. The van der Waals surface area contributed by atoms with Gasteiger partial charge in [0.1, 0.15) is 0 Å². The highest BCUT2D eigenvalue weighted by atomic mass is 35.5. The maximum atomic E-state index is 11.9. The molecule has 2 aromatic rings. The van der Waals surface area contributed by atoms with Gasteiger partial charge in [-0.15, -0.1) is 0 Å². The number of carbonyl (C=O) groups is 3. The molecule has 2 N–H and O–H groups in total. The van der Waals surface area contributed by atoms with Gasteiger partial charge in [-0.25, -0.2) is 0 Å². The van der Waals surface area contributed by atoms with Gasteiger partial charge in [-0.05, 0) is 37.3 Å². The van der Waals surface area contributed by atoms with Crippen molar-refractivity contribution in [1.29, 1.82) is 0 Å². The van der Waals surface area contributed by atoms with Crippen LogP contribution in [0.5, 0.6) is 0 Å². The smallest absolute Gasteiger partial charge is 0.314 e. The van der Waals surface area contributed by atoms with E-state index in [9.17, 15) is 14.4 Å². The molecule has 5 nitrogen and oxygen atoms in total. The summed E-state index contributed by atoms with van der Waals surface area (Å²) in [6.07, 6.45) is 0. The molecule has 0 bridgehead atoms. The number of halogens is 2. The monoisotopic (exact) mass is 350 g/mol. The Labute approximate surface area is 142 Å². The van der Waals surface area contributed by atoms with Crippen LogP contribution < -0.4 is 10.6 Å². The van der Waals surface area contributed by atoms with Crippen molar-refractivity contribution < 1.29 is 14.4 Å². The quantitative estimate of drug-likeness (QED) is 0.653. The number of amides is 2. The highest BCUT2D eigenvalue weighted by Gasteiger charge is 2.15. The summed E-state index contributed by atoms with van der Waals surface area (Å²) in [6, 6.07) is 10.8. The zero-order valence-electron chi connectivity index (χ0n) is 12.0. The Morgan fingerprint density at radius 3 is 2.00 bits per heavy atom. The van der Waals surface area contributed by atoms with Gasteiger partial charge < -0.3 is 10.6 Å². The molecule has 0 aromatic heterocycles. The molecule has 0 spiro atoms. The van der Waals surface area contributed by atoms with E-state index in [4.69, 9.17) is 23.2 Å². The first kappa shape index (κ1) is 17.0. The van der Waals surface area contributed by atoms with E-state index in [0.717, 1.165) is 0 Å². The van der Waals surface area contributed by atoms with Gasteiger partial charge in [0.05, 0.1) is 10.0 Å². The molecule has 23 heavy (non-hydrogen) atoms. The summed E-state index contributed by atoms with van der Waals surface area (Å²) in [5, 5.41) is 5.43. The number of anilines is 2. The number of Topliss-reactive ketones (excluding diaryl/α,β-unsaturated/α-hetero) is 1. The van der Waals surface area contributed by atoms with Crippen LogP contribution >= 0.6 is 23.2 Å². The SMILES string of the molecule is CC(=O)c1cccc(NC(=O)C(=O)Nc2ccc(Cl)c(Cl)c2)c1. The Morgan fingerprint density at radius 2 is 1.43 bits per heavy atom. The molecule has 0 aliphatic rings. The third-order valence-corrected chi connectivity index (χ3v) is 3.65. The van der Waals surface area contributed by atoms with E-state index in [1.165, 1.54) is 31.2 Å². The zero-order chi connectivity index (χ0) is 17.0. The molecule has 2 amide bonds. The van der Waals surface area contributed by atoms with Crippen LogP contribution in [0.15, 0.2) is 42.5 Å². The molecule has 0 unspecified atom stereocenters. The second-order valence-corrected chi connectivity index (χ2v) is 5.49. The number of ketones is 1. The summed E-state index contributed by atoms with van der Waals surface area (Å²) in [5.74, 6) is -1.87. The van der Waals surface area contributed by atoms with Crippen LogP contribution in [0, 0.1) is 0 Å². The van der Waals surface area contributed by atoms with Gasteiger partial charge in [-0.2, -0.15) is 0 Å². The molecule has 2 rings (SSSR count). The van der Waals surface area contributed by atoms with Gasteiger partial charge in [0.25, 0.3) is 0 Å². The topological polar surface area (TPSA) is 75.3 Å². The first-order chi connectivity index (χ1) is 10.9. The molecule has 0 saturated carbocycles. The van der Waals surface area contributed by atoms with Crippen molar-refractivity contribution in [3.63, 3.8) is 0 Å². The predicted molar refractivity (Wildman–Crippen MR) is 90.2 cm³/mol. The fourth-order valence-electron chi connectivity index (χ4n) is 1.77. The average Bonchev–Trinajstić information content (AvgIpc) is 2.51. The van der Waals surface area contributed by atoms with Crippen molar-refractivity contribution in [2.45, 2.75) is 6.92 Å². The lowest BCUT2D eigenvalue weighted by Crippen LogP contribution is -2.29. The first-order valence-electron chi connectivity index (χ1n) is 6.55. The number of benzene rings is 2. The van der Waals surface area contributed by atoms with Crippen molar-refractivity contribution in [2.24, 2.45) is 0 Å². The van der Waals surface area contributed by atoms with Crippen molar-refractivity contribution in [3.8, 4) is 0 Å². The molecule has 0 radical (unpaired) electrons. The number of hydrogen-bond acceptors (Lipinski definition) is 3. The lowest BCUT2D eigenvalue weighted by Gasteiger charge is -2.08. The first-order valence-corrected chi connectivity index (χ1v) is 7.31. The molecule has 0 aliphatic heterocycles. The van der Waals surface area contributed by atoms with E-state index in [1.54, 1.807) is 18.2 Å². The second kappa shape index (κ2) is 7.26. The normalized spacial score (nSPS) is 10.0. The van der Waals surface area contributed by atoms with Gasteiger partial charge in [0.2, 0.25) is 0 Å². The summed E-state index contributed by atoms with van der Waals surface area (Å²) in [7, 11) is 0. The fourth-order valence-corrected chi connectivity index (χ4v) is 2.06. The number of nitrogens with one attached hydrogen (secondary N) is 2. The molecule has 0 saturated heterocycles. The summed E-state index contributed by atoms with van der Waals surface area (Å²) < 4.78 is 0. The Morgan fingerprint density at radius 1 is 0.826 bits per heavy atom. The number of hydrogen-bond donors (Lipinski definition) is 2. The average molecular weight is 351 g/mol. The number of rotatable bonds is 3. The Hall–Kier alpha value is -2.37. The highest BCUT2D eigenvalue weighted by Crippen LogP contribution is 2.25. The number of carbonyl (C=O) groups excluding carboxylic acids is 3. The molecule has 7 heteroatoms. The molecule has 0 aliphatic carbocycles. The standard InChI is InChI=1S/C16H12Cl2N2O3/c1-9(21)10-3-2-4-11(7-10)19-15(22)16(23)20-12-5-6-13(17)14(18)8-12/h2-8H,1H3,(H,19,22)(H,20,23). The van der Waals surface area contributed by atoms with Crippen molar-refractivity contribution in [1.82, 2.24) is 0 Å². The molecule has 0 heterocycles. The second-order valence-electron chi connectivity index (χ2n) is 4.67. The van der Waals surface area contributed by atoms with Crippen LogP contribution in [0.25, 0.3) is 0 Å². The minimum absolute atomic E-state index is 0.138. The molecular weight excluding hydrogens is 339 g/mol. The third-order valence-electron chi connectivity index (χ3n) is 2.91. The molecule has 2 aromatic carbocycles. The van der Waals surface area contributed by atoms with Crippen molar-refractivity contribution in [2.75, 3.05) is 10.6 Å². The summed E-state index contributed by atoms with van der Waals surface area (Å²) in [6.45, 7) is 1.41. The van der Waals surface area contributed by atoms with Crippen LogP contribution in [0.4, 0.5) is 11.4 Å². The van der Waals surface area contributed by atoms with E-state index < -0.39 is 11.8 Å². The van der Waals surface area contributed by atoms with Gasteiger partial charge in [-0.3, -0.25) is 14.4 Å². The maximum absolute atomic E-state index is 11.9. The van der Waals surface area contributed by atoms with Gasteiger partial charge in [-0.1, -0.05) is 35.3 Å². The lowest BCUT2D eigenvalue weighted by atomic mass is 10.1. The highest BCUT2D eigenvalue weighted by molar-refractivity contribution is 6.44. The van der Waals surface area contributed by atoms with E-state index in [2.05, 4.69) is 10.6 Å². The molecule has 0 fully saturated rings. The minimum atomic E-state index is -0.864. The zero-order valence-corrected chi connectivity index (χ0v) is 13.5. The Kier molecular flexibility index (Phi) is 5.36. The minimum Gasteiger partial charge on any atom is -0.318 e. The van der Waals surface area contributed by atoms with Gasteiger partial charge in [0, 0.05) is 16.9 Å². The maximum Gasteiger partial charge on any atom is 0.314 e. The van der Waals surface area contributed by atoms with Crippen LogP contribution in [-0.2, 0) is 9.59 Å². The predicted octanol–water partition coefficient (Wildman–Crippen LogP) is 3.77. The van der Waals surface area contributed by atoms with E-state index >= 15 is 0 Å².